The molecule has 1 aliphatic heterocycles. The summed E-state index contributed by atoms with van der Waals surface area (Å²) in [7, 11) is 0. The lowest BCUT2D eigenvalue weighted by Gasteiger charge is -2.30. The Kier molecular flexibility index (Phi) is 5.24. The van der Waals surface area contributed by atoms with Gasteiger partial charge in [0.05, 0.1) is 11.4 Å². The Bertz CT molecular complexity index is 714. The molecular formula is C16H20FN5OS. The second-order valence-electron chi connectivity index (χ2n) is 5.66. The van der Waals surface area contributed by atoms with Crippen LogP contribution in [0.25, 0.3) is 0 Å². The fourth-order valence-electron chi connectivity index (χ4n) is 2.71. The molecule has 1 aromatic heterocycles. The van der Waals surface area contributed by atoms with Crippen molar-refractivity contribution in [3.05, 3.63) is 29.8 Å². The number of halogens is 1. The van der Waals surface area contributed by atoms with Crippen molar-refractivity contribution in [2.24, 2.45) is 0 Å². The molecule has 0 bridgehead atoms. The normalized spacial score (nSPS) is 14.5. The lowest BCUT2D eigenvalue weighted by atomic mass is 10.1. The van der Waals surface area contributed by atoms with Crippen molar-refractivity contribution in [2.75, 3.05) is 28.6 Å². The van der Waals surface area contributed by atoms with Gasteiger partial charge in [0, 0.05) is 31.0 Å². The van der Waals surface area contributed by atoms with Gasteiger partial charge in [-0.05, 0) is 37.5 Å². The largest absolute Gasteiger partial charge is 0.370 e. The predicted octanol–water partition coefficient (Wildman–Crippen LogP) is 3.87. The van der Waals surface area contributed by atoms with Crippen molar-refractivity contribution >= 4 is 34.1 Å². The number of urea groups is 1. The van der Waals surface area contributed by atoms with E-state index in [4.69, 9.17) is 0 Å². The molecule has 128 valence electrons. The molecule has 24 heavy (non-hydrogen) atoms. The number of anilines is 3. The number of amides is 2. The number of piperidine rings is 1. The van der Waals surface area contributed by atoms with E-state index in [0.29, 0.717) is 16.6 Å². The van der Waals surface area contributed by atoms with Crippen LogP contribution < -0.4 is 15.5 Å². The second kappa shape index (κ2) is 7.57. The van der Waals surface area contributed by atoms with Crippen LogP contribution in [-0.4, -0.2) is 28.5 Å². The summed E-state index contributed by atoms with van der Waals surface area (Å²) in [5.41, 5.74) is 1.31. The van der Waals surface area contributed by atoms with E-state index in [-0.39, 0.29) is 5.82 Å². The molecule has 2 N–H and O–H groups in total. The van der Waals surface area contributed by atoms with Crippen molar-refractivity contribution in [1.29, 1.82) is 0 Å². The molecule has 1 saturated heterocycles. The molecule has 2 heterocycles. The highest BCUT2D eigenvalue weighted by Gasteiger charge is 2.17. The fourth-order valence-corrected chi connectivity index (χ4v) is 3.35. The lowest BCUT2D eigenvalue weighted by molar-refractivity contribution is 0.262. The summed E-state index contributed by atoms with van der Waals surface area (Å²) in [5.74, 6) is 0.393. The zero-order valence-corrected chi connectivity index (χ0v) is 14.3. The number of carbonyl (C=O) groups is 1. The Hall–Kier alpha value is -2.22. The number of carbonyl (C=O) groups excluding carboxylic acids is 1. The number of rotatable bonds is 4. The van der Waals surface area contributed by atoms with E-state index >= 15 is 0 Å². The number of hydrogen-bond donors (Lipinski definition) is 2. The molecule has 0 spiro atoms. The van der Waals surface area contributed by atoms with Crippen LogP contribution in [0.15, 0.2) is 18.2 Å². The second-order valence-corrected chi connectivity index (χ2v) is 6.41. The molecule has 2 aromatic rings. The molecular weight excluding hydrogens is 329 g/mol. The Labute approximate surface area is 144 Å². The van der Waals surface area contributed by atoms with Gasteiger partial charge in [-0.1, -0.05) is 6.92 Å². The third kappa shape index (κ3) is 4.00. The summed E-state index contributed by atoms with van der Waals surface area (Å²) in [6.07, 6.45) is 4.06. The molecule has 0 radical (unpaired) electrons. The summed E-state index contributed by atoms with van der Waals surface area (Å²) in [4.78, 5) is 18.5. The first-order valence-corrected chi connectivity index (χ1v) is 8.88. The van der Waals surface area contributed by atoms with Crippen LogP contribution in [0.4, 0.5) is 25.7 Å². The highest BCUT2D eigenvalue weighted by atomic mass is 32.1. The Morgan fingerprint density at radius 3 is 2.79 bits per heavy atom. The van der Waals surface area contributed by atoms with Crippen LogP contribution in [-0.2, 0) is 6.42 Å². The van der Waals surface area contributed by atoms with E-state index in [2.05, 4.69) is 24.9 Å². The topological polar surface area (TPSA) is 70.2 Å². The Morgan fingerprint density at radius 2 is 2.08 bits per heavy atom. The quantitative estimate of drug-likeness (QED) is 0.879. The molecule has 0 unspecified atom stereocenters. The van der Waals surface area contributed by atoms with Gasteiger partial charge >= 0.3 is 6.03 Å². The van der Waals surface area contributed by atoms with Crippen molar-refractivity contribution in [1.82, 2.24) is 9.36 Å². The average molecular weight is 349 g/mol. The zero-order chi connectivity index (χ0) is 16.9. The molecule has 1 fully saturated rings. The van der Waals surface area contributed by atoms with Crippen LogP contribution in [0, 0.1) is 5.82 Å². The number of aryl methyl sites for hydroxylation is 1. The summed E-state index contributed by atoms with van der Waals surface area (Å²) in [6, 6.07) is 4.01. The molecule has 0 aliphatic carbocycles. The minimum absolute atomic E-state index is 0.307. The van der Waals surface area contributed by atoms with Gasteiger partial charge in [0.15, 0.2) is 0 Å². The van der Waals surface area contributed by atoms with Crippen molar-refractivity contribution < 1.29 is 9.18 Å². The van der Waals surface area contributed by atoms with E-state index < -0.39 is 6.03 Å². The van der Waals surface area contributed by atoms with Crippen molar-refractivity contribution in [2.45, 2.75) is 32.6 Å². The number of benzene rings is 1. The monoisotopic (exact) mass is 349 g/mol. The van der Waals surface area contributed by atoms with Crippen LogP contribution in [0.2, 0.25) is 0 Å². The predicted molar refractivity (Wildman–Crippen MR) is 94.4 cm³/mol. The maximum absolute atomic E-state index is 13.7. The Balaban J connectivity index is 1.72. The highest BCUT2D eigenvalue weighted by molar-refractivity contribution is 7.09. The smallest absolute Gasteiger partial charge is 0.325 e. The number of hydrogen-bond acceptors (Lipinski definition) is 5. The maximum Gasteiger partial charge on any atom is 0.325 e. The molecule has 0 atom stereocenters. The van der Waals surface area contributed by atoms with Gasteiger partial charge in [0.25, 0.3) is 0 Å². The van der Waals surface area contributed by atoms with Gasteiger partial charge in [0.2, 0.25) is 5.13 Å². The highest BCUT2D eigenvalue weighted by Crippen LogP contribution is 2.29. The van der Waals surface area contributed by atoms with Crippen LogP contribution in [0.3, 0.4) is 0 Å². The Morgan fingerprint density at radius 1 is 1.29 bits per heavy atom. The third-order valence-electron chi connectivity index (χ3n) is 3.91. The SMILES string of the molecule is CCc1nsc(NC(=O)Nc2ccc(F)cc2N2CCCCC2)n1. The molecule has 0 saturated carbocycles. The molecule has 1 aliphatic rings. The van der Waals surface area contributed by atoms with Crippen molar-refractivity contribution in [3.8, 4) is 0 Å². The molecule has 1 aromatic carbocycles. The van der Waals surface area contributed by atoms with Crippen molar-refractivity contribution in [3.63, 3.8) is 0 Å². The number of nitrogens with zero attached hydrogens (tertiary/aromatic N) is 3. The minimum atomic E-state index is -0.404. The third-order valence-corrected chi connectivity index (χ3v) is 4.58. The molecule has 6 nitrogen and oxygen atoms in total. The van der Waals surface area contributed by atoms with Gasteiger partial charge in [0.1, 0.15) is 11.6 Å². The first kappa shape index (κ1) is 16.6. The van der Waals surface area contributed by atoms with Crippen LogP contribution in [0.1, 0.15) is 32.0 Å². The standard InChI is InChI=1S/C16H20FN5OS/c1-2-14-19-16(24-21-14)20-15(23)18-12-7-6-11(17)10-13(12)22-8-4-3-5-9-22/h6-7,10H,2-5,8-9H2,1H3,(H2,18,19,20,21,23). The first-order chi connectivity index (χ1) is 11.7. The molecule has 8 heteroatoms. The first-order valence-electron chi connectivity index (χ1n) is 8.11. The van der Waals surface area contributed by atoms with E-state index in [9.17, 15) is 9.18 Å². The van der Waals surface area contributed by atoms with E-state index in [0.717, 1.165) is 49.6 Å². The molecule has 2 amide bonds. The van der Waals surface area contributed by atoms with E-state index in [1.807, 2.05) is 6.92 Å². The van der Waals surface area contributed by atoms with Gasteiger partial charge in [-0.15, -0.1) is 0 Å². The maximum atomic E-state index is 13.7. The fraction of sp³-hybridized carbons (Fsp3) is 0.438. The van der Waals surface area contributed by atoms with Crippen LogP contribution in [0.5, 0.6) is 0 Å². The lowest BCUT2D eigenvalue weighted by Crippen LogP contribution is -2.31. The molecule has 3 rings (SSSR count). The summed E-state index contributed by atoms with van der Waals surface area (Å²) < 4.78 is 17.8. The number of aromatic nitrogens is 2. The van der Waals surface area contributed by atoms with E-state index in [1.165, 1.54) is 18.6 Å². The van der Waals surface area contributed by atoms with Gasteiger partial charge in [-0.25, -0.2) is 14.2 Å². The average Bonchev–Trinajstić information content (AvgIpc) is 3.04. The van der Waals surface area contributed by atoms with Crippen LogP contribution >= 0.6 is 11.5 Å². The summed E-state index contributed by atoms with van der Waals surface area (Å²) in [5, 5.41) is 5.91. The van der Waals surface area contributed by atoms with E-state index in [1.54, 1.807) is 6.07 Å². The zero-order valence-electron chi connectivity index (χ0n) is 13.5. The van der Waals surface area contributed by atoms with Gasteiger partial charge < -0.3 is 10.2 Å². The van der Waals surface area contributed by atoms with Gasteiger partial charge in [-0.3, -0.25) is 5.32 Å². The number of nitrogens with one attached hydrogen (secondary N) is 2. The summed E-state index contributed by atoms with van der Waals surface area (Å²) in [6.45, 7) is 3.70. The summed E-state index contributed by atoms with van der Waals surface area (Å²) >= 11 is 1.14. The van der Waals surface area contributed by atoms with Gasteiger partial charge in [-0.2, -0.15) is 4.37 Å². The minimum Gasteiger partial charge on any atom is -0.370 e.